The first kappa shape index (κ1) is 11.5. The van der Waals surface area contributed by atoms with Crippen LogP contribution in [0.4, 0.5) is 5.69 Å². The van der Waals surface area contributed by atoms with Crippen LogP contribution in [0.2, 0.25) is 0 Å². The number of anilines is 1. The molecule has 1 aliphatic rings. The van der Waals surface area contributed by atoms with Crippen LogP contribution < -0.4 is 5.32 Å². The number of rotatable bonds is 3. The predicted molar refractivity (Wildman–Crippen MR) is 69.5 cm³/mol. The monoisotopic (exact) mass is 219 g/mol. The van der Waals surface area contributed by atoms with Crippen molar-refractivity contribution >= 4 is 5.69 Å². The summed E-state index contributed by atoms with van der Waals surface area (Å²) in [6, 6.07) is 8.85. The van der Waals surface area contributed by atoms with E-state index in [4.69, 9.17) is 0 Å². The lowest BCUT2D eigenvalue weighted by Gasteiger charge is -2.37. The summed E-state index contributed by atoms with van der Waals surface area (Å²) < 4.78 is 1.22. The van der Waals surface area contributed by atoms with E-state index in [9.17, 15) is 0 Å². The summed E-state index contributed by atoms with van der Waals surface area (Å²) >= 11 is 0. The van der Waals surface area contributed by atoms with Gasteiger partial charge in [-0.05, 0) is 31.4 Å². The lowest BCUT2D eigenvalue weighted by Crippen LogP contribution is -2.46. The van der Waals surface area contributed by atoms with Crippen LogP contribution in [0.3, 0.4) is 0 Å². The molecule has 0 radical (unpaired) electrons. The maximum atomic E-state index is 3.16. The largest absolute Gasteiger partial charge is 0.388 e. The van der Waals surface area contributed by atoms with Crippen molar-refractivity contribution in [1.82, 2.24) is 0 Å². The molecule has 0 unspecified atom stereocenters. The van der Waals surface area contributed by atoms with Gasteiger partial charge < -0.3 is 9.80 Å². The van der Waals surface area contributed by atoms with Gasteiger partial charge in [0.15, 0.2) is 0 Å². The molecule has 1 N–H and O–H groups in total. The van der Waals surface area contributed by atoms with E-state index < -0.39 is 0 Å². The zero-order valence-corrected chi connectivity index (χ0v) is 10.5. The van der Waals surface area contributed by atoms with Crippen LogP contribution in [-0.2, 0) is 6.54 Å². The van der Waals surface area contributed by atoms with E-state index in [1.165, 1.54) is 54.6 Å². The minimum atomic E-state index is 1.18. The van der Waals surface area contributed by atoms with Gasteiger partial charge in [0.2, 0.25) is 0 Å². The zero-order chi connectivity index (χ0) is 11.4. The van der Waals surface area contributed by atoms with Crippen molar-refractivity contribution in [2.45, 2.75) is 25.8 Å². The van der Waals surface area contributed by atoms with Crippen molar-refractivity contribution in [3.63, 3.8) is 0 Å². The molecular weight excluding hydrogens is 196 g/mol. The topological polar surface area (TPSA) is 12.0 Å². The van der Waals surface area contributed by atoms with E-state index in [0.717, 1.165) is 0 Å². The Hall–Kier alpha value is -1.02. The first-order valence-corrected chi connectivity index (χ1v) is 6.32. The molecule has 1 aromatic carbocycles. The average Bonchev–Trinajstić information content (AvgIpc) is 2.30. The molecule has 1 aromatic rings. The van der Waals surface area contributed by atoms with Crippen molar-refractivity contribution in [2.24, 2.45) is 0 Å². The van der Waals surface area contributed by atoms with Crippen molar-refractivity contribution in [1.29, 1.82) is 0 Å². The number of quaternary nitrogens is 1. The van der Waals surface area contributed by atoms with Gasteiger partial charge in [-0.15, -0.1) is 0 Å². The third-order valence-corrected chi connectivity index (χ3v) is 3.70. The van der Waals surface area contributed by atoms with Gasteiger partial charge in [0.25, 0.3) is 0 Å². The molecule has 0 amide bonds. The Morgan fingerprint density at radius 3 is 2.25 bits per heavy atom. The second-order valence-corrected chi connectivity index (χ2v) is 5.23. The Balaban J connectivity index is 2.01. The standard InChI is InChI=1S/C14H23N2/c1-15-14-8-6-13(7-9-14)12-16(2)10-4-3-5-11-16/h6-9,15H,3-5,10-12H2,1-2H3/q+1. The van der Waals surface area contributed by atoms with Crippen molar-refractivity contribution in [3.05, 3.63) is 29.8 Å². The van der Waals surface area contributed by atoms with Gasteiger partial charge >= 0.3 is 0 Å². The minimum absolute atomic E-state index is 1.18. The quantitative estimate of drug-likeness (QED) is 0.771. The molecule has 1 fully saturated rings. The highest BCUT2D eigenvalue weighted by Gasteiger charge is 2.24. The fourth-order valence-electron chi connectivity index (χ4n) is 2.65. The van der Waals surface area contributed by atoms with Crippen molar-refractivity contribution < 1.29 is 4.48 Å². The van der Waals surface area contributed by atoms with Crippen LogP contribution in [0, 0.1) is 0 Å². The maximum absolute atomic E-state index is 3.16. The fraction of sp³-hybridized carbons (Fsp3) is 0.571. The summed E-state index contributed by atoms with van der Waals surface area (Å²) in [4.78, 5) is 0. The van der Waals surface area contributed by atoms with Crippen LogP contribution in [0.1, 0.15) is 24.8 Å². The zero-order valence-electron chi connectivity index (χ0n) is 10.5. The van der Waals surface area contributed by atoms with Crippen LogP contribution >= 0.6 is 0 Å². The highest BCUT2D eigenvalue weighted by Crippen LogP contribution is 2.20. The summed E-state index contributed by atoms with van der Waals surface area (Å²) in [7, 11) is 4.36. The summed E-state index contributed by atoms with van der Waals surface area (Å²) in [5.41, 5.74) is 2.66. The van der Waals surface area contributed by atoms with E-state index >= 15 is 0 Å². The molecule has 2 nitrogen and oxygen atoms in total. The lowest BCUT2D eigenvalue weighted by molar-refractivity contribution is -0.926. The first-order valence-electron chi connectivity index (χ1n) is 6.32. The SMILES string of the molecule is CNc1ccc(C[N+]2(C)CCCCC2)cc1. The van der Waals surface area contributed by atoms with Crippen LogP contribution in [-0.4, -0.2) is 31.7 Å². The molecule has 0 saturated carbocycles. The van der Waals surface area contributed by atoms with Gasteiger partial charge in [0.05, 0.1) is 20.1 Å². The van der Waals surface area contributed by atoms with Crippen LogP contribution in [0.25, 0.3) is 0 Å². The Bertz CT molecular complexity index is 323. The van der Waals surface area contributed by atoms with Gasteiger partial charge in [0.1, 0.15) is 6.54 Å². The first-order chi connectivity index (χ1) is 7.72. The van der Waals surface area contributed by atoms with Crippen LogP contribution in [0.15, 0.2) is 24.3 Å². The summed E-state index contributed by atoms with van der Waals surface area (Å²) in [5, 5.41) is 3.16. The molecule has 2 heteroatoms. The van der Waals surface area contributed by atoms with E-state index in [0.29, 0.717) is 0 Å². The summed E-state index contributed by atoms with van der Waals surface area (Å²) in [6.45, 7) is 3.87. The highest BCUT2D eigenvalue weighted by atomic mass is 15.3. The van der Waals surface area contributed by atoms with Gasteiger partial charge in [-0.3, -0.25) is 0 Å². The maximum Gasteiger partial charge on any atom is 0.104 e. The number of benzene rings is 1. The molecule has 0 aliphatic carbocycles. The van der Waals surface area contributed by atoms with Crippen molar-refractivity contribution in [3.8, 4) is 0 Å². The normalized spacial score (nSPS) is 19.4. The average molecular weight is 219 g/mol. The molecule has 0 atom stereocenters. The number of likely N-dealkylation sites (tertiary alicyclic amines) is 1. The van der Waals surface area contributed by atoms with Gasteiger partial charge in [-0.25, -0.2) is 0 Å². The third-order valence-electron chi connectivity index (χ3n) is 3.70. The number of nitrogens with zero attached hydrogens (tertiary/aromatic N) is 1. The minimum Gasteiger partial charge on any atom is -0.388 e. The molecule has 1 saturated heterocycles. The smallest absolute Gasteiger partial charge is 0.104 e. The number of hydrogen-bond acceptors (Lipinski definition) is 1. The van der Waals surface area contributed by atoms with E-state index in [1.54, 1.807) is 0 Å². The number of hydrogen-bond donors (Lipinski definition) is 1. The number of piperidine rings is 1. The van der Waals surface area contributed by atoms with Gasteiger partial charge in [-0.2, -0.15) is 0 Å². The highest BCUT2D eigenvalue weighted by molar-refractivity contribution is 5.43. The lowest BCUT2D eigenvalue weighted by atomic mass is 10.1. The van der Waals surface area contributed by atoms with E-state index in [2.05, 4.69) is 36.6 Å². The number of nitrogens with one attached hydrogen (secondary N) is 1. The Labute approximate surface area is 98.9 Å². The molecule has 88 valence electrons. The fourth-order valence-corrected chi connectivity index (χ4v) is 2.65. The van der Waals surface area contributed by atoms with E-state index in [1.807, 2.05) is 7.05 Å². The van der Waals surface area contributed by atoms with Gasteiger partial charge in [-0.1, -0.05) is 12.1 Å². The Morgan fingerprint density at radius 1 is 1.06 bits per heavy atom. The Kier molecular flexibility index (Phi) is 3.49. The van der Waals surface area contributed by atoms with Gasteiger partial charge in [0, 0.05) is 18.3 Å². The molecule has 16 heavy (non-hydrogen) atoms. The predicted octanol–water partition coefficient (Wildman–Crippen LogP) is 2.86. The molecular formula is C14H23N2+. The third kappa shape index (κ3) is 2.76. The van der Waals surface area contributed by atoms with Crippen molar-refractivity contribution in [2.75, 3.05) is 32.5 Å². The molecule has 2 rings (SSSR count). The second kappa shape index (κ2) is 4.88. The molecule has 0 aromatic heterocycles. The second-order valence-electron chi connectivity index (χ2n) is 5.23. The van der Waals surface area contributed by atoms with E-state index in [-0.39, 0.29) is 0 Å². The summed E-state index contributed by atoms with van der Waals surface area (Å²) in [5.74, 6) is 0. The molecule has 1 aliphatic heterocycles. The summed E-state index contributed by atoms with van der Waals surface area (Å²) in [6.07, 6.45) is 4.21. The van der Waals surface area contributed by atoms with Crippen LogP contribution in [0.5, 0.6) is 0 Å². The molecule has 1 heterocycles. The molecule has 0 bridgehead atoms. The Morgan fingerprint density at radius 2 is 1.69 bits per heavy atom. The molecule has 0 spiro atoms.